The fourth-order valence-corrected chi connectivity index (χ4v) is 20.2. The minimum absolute atomic E-state index is 0. The number of carbonyl (C=O) groups is 2. The second-order valence-electron chi connectivity index (χ2n) is 38.4. The van der Waals surface area contributed by atoms with Crippen molar-refractivity contribution in [3.05, 3.63) is 313 Å². The number of rotatable bonds is 20. The summed E-state index contributed by atoms with van der Waals surface area (Å²) < 4.78 is 84.1. The van der Waals surface area contributed by atoms with Gasteiger partial charge in [0.1, 0.15) is 34.6 Å². The Bertz CT molecular complexity index is 6670. The molecular formula is C119H139BN10NaO16S. The third kappa shape index (κ3) is 34.1. The molecule has 148 heavy (non-hydrogen) atoms. The first kappa shape index (κ1) is 112. The van der Waals surface area contributed by atoms with Crippen molar-refractivity contribution in [2.24, 2.45) is 5.73 Å². The van der Waals surface area contributed by atoms with Crippen molar-refractivity contribution in [1.29, 1.82) is 0 Å². The summed E-state index contributed by atoms with van der Waals surface area (Å²) in [6, 6.07) is 93.6. The number of carbonyl (C=O) groups excluding carboxylic acids is 2. The largest absolute Gasteiger partial charge is 1.00 e. The number of nitrogens with zero attached hydrogens (tertiary/aromatic N) is 4. The molecule has 4 aliphatic heterocycles. The number of nitrogens with one attached hydrogen (secondary N) is 5. The van der Waals surface area contributed by atoms with Crippen LogP contribution in [0.3, 0.4) is 0 Å². The summed E-state index contributed by atoms with van der Waals surface area (Å²) in [6.45, 7) is 15.7. The molecule has 29 heteroatoms. The first-order valence-corrected chi connectivity index (χ1v) is 53.3. The smallest absolute Gasteiger partial charge is 1.00 e. The van der Waals surface area contributed by atoms with E-state index in [-0.39, 0.29) is 81.1 Å². The zero-order chi connectivity index (χ0) is 101. The van der Waals surface area contributed by atoms with Crippen molar-refractivity contribution >= 4 is 119 Å². The number of aryl methyl sites for hydroxylation is 4. The van der Waals surface area contributed by atoms with Gasteiger partial charge in [0.05, 0.1) is 92.4 Å². The number of anilines is 8. The maximum Gasteiger partial charge on any atom is 1.00 e. The number of phenolic OH excluding ortho intramolecular Hbond substituents is 1. The van der Waals surface area contributed by atoms with Crippen LogP contribution in [0.25, 0.3) is 43.6 Å². The summed E-state index contributed by atoms with van der Waals surface area (Å²) in [5.41, 5.74) is 23.8. The molecule has 23 rings (SSSR count). The Kier molecular flexibility index (Phi) is 42.0. The van der Waals surface area contributed by atoms with Crippen molar-refractivity contribution in [3.63, 3.8) is 0 Å². The zero-order valence-electron chi connectivity index (χ0n) is 87.0. The van der Waals surface area contributed by atoms with E-state index < -0.39 is 15.9 Å². The molecular weight excluding hydrogens is 1890 g/mol. The fraction of sp³-hybridized carbons (Fsp3) is 0.378. The predicted octanol–water partition coefficient (Wildman–Crippen LogP) is 21.5. The number of Topliss-reactive ketones (excluding diaryl/α,β-unsaturated/α-hetero) is 2. The Labute approximate surface area is 895 Å². The molecule has 10 aromatic carbocycles. The fourth-order valence-electron chi connectivity index (χ4n) is 19.6. The van der Waals surface area contributed by atoms with E-state index in [1.54, 1.807) is 12.1 Å². The molecule has 14 aromatic rings. The number of phenols is 1. The van der Waals surface area contributed by atoms with E-state index in [1.807, 2.05) is 179 Å². The molecule has 0 unspecified atom stereocenters. The topological polar surface area (TPSA) is 328 Å². The summed E-state index contributed by atoms with van der Waals surface area (Å²) in [5, 5.41) is 31.6. The Hall–Kier alpha value is -11.8. The molecule has 0 bridgehead atoms. The van der Waals surface area contributed by atoms with Gasteiger partial charge in [0.15, 0.2) is 17.4 Å². The van der Waals surface area contributed by atoms with Crippen LogP contribution in [0.1, 0.15) is 177 Å². The van der Waals surface area contributed by atoms with Gasteiger partial charge >= 0.3 is 29.6 Å². The Morgan fingerprint density at radius 2 is 0.682 bits per heavy atom. The van der Waals surface area contributed by atoms with Crippen LogP contribution in [-0.2, 0) is 70.1 Å². The van der Waals surface area contributed by atoms with Crippen LogP contribution in [0.15, 0.2) is 279 Å². The van der Waals surface area contributed by atoms with E-state index in [0.717, 1.165) is 232 Å². The molecule has 4 aromatic heterocycles. The minimum Gasteiger partial charge on any atom is -1.00 e. The summed E-state index contributed by atoms with van der Waals surface area (Å²) in [4.78, 5) is 40.6. The maximum atomic E-state index is 11.4. The normalized spacial score (nSPS) is 18.4. The number of ether oxygens (including phenoxy) is 10. The van der Waals surface area contributed by atoms with Gasteiger partial charge in [-0.2, -0.15) is 8.42 Å². The van der Waals surface area contributed by atoms with Crippen LogP contribution in [0.4, 0.5) is 45.5 Å². The van der Waals surface area contributed by atoms with E-state index in [0.29, 0.717) is 115 Å². The summed E-state index contributed by atoms with van der Waals surface area (Å²) in [7, 11) is -3.34. The number of pyridine rings is 4. The third-order valence-corrected chi connectivity index (χ3v) is 27.6. The minimum atomic E-state index is -3.34. The van der Waals surface area contributed by atoms with Gasteiger partial charge in [-0.05, 0) is 213 Å². The van der Waals surface area contributed by atoms with Crippen LogP contribution >= 0.6 is 0 Å². The van der Waals surface area contributed by atoms with Gasteiger partial charge in [-0.25, -0.2) is 0 Å². The van der Waals surface area contributed by atoms with Crippen LogP contribution in [0.2, 0.25) is 0 Å². The van der Waals surface area contributed by atoms with Gasteiger partial charge in [0.25, 0.3) is 10.1 Å². The molecule has 771 valence electrons. The molecule has 5 aliphatic carbocycles. The molecule has 8 heterocycles. The van der Waals surface area contributed by atoms with Crippen LogP contribution < -0.4 is 76.1 Å². The van der Waals surface area contributed by atoms with E-state index in [1.165, 1.54) is 24.0 Å². The number of aromatic hydroxyl groups is 1. The monoisotopic (exact) mass is 2030 g/mol. The van der Waals surface area contributed by atoms with Gasteiger partial charge < -0.3 is 86.2 Å². The number of hydrogen-bond acceptors (Lipinski definition) is 26. The number of nitrogens with two attached hydrogens (primary N) is 1. The first-order chi connectivity index (χ1) is 71.0. The summed E-state index contributed by atoms with van der Waals surface area (Å²) in [5.74, 6) is 2.43. The molecule has 0 amide bonds. The molecule has 3 radical (unpaired) electrons. The SMILES string of the molecule is C1CCOC1.CS(=O)(=O)OC1CCC2(CC1)OCCO2.Cc1cc(Nc2cccc(O)c2)c2ccccc2n1.Cc1cc(Nc2cccc(OC3CCC(=O)CC3)c2)c2ccccc2n1.Cc1cc(Nc2cccc(OC3CCC(NCc4ccccc4)CC3)c2)c2ccccc2n1.Cc1cc(Nc2cccc(OC3CCC4(CC3)OCCO4)c2)c2ccccc2n1.NCc1ccccc1.O=C1CCC2(CC1)OCCO2.[B].[H-].[Na+]. The second kappa shape index (κ2) is 55.6. The second-order valence-corrected chi connectivity index (χ2v) is 40.0. The van der Waals surface area contributed by atoms with E-state index >= 15 is 0 Å². The van der Waals surface area contributed by atoms with Crippen LogP contribution in [0, 0.1) is 27.7 Å². The average molecular weight is 2030 g/mol. The summed E-state index contributed by atoms with van der Waals surface area (Å²) >= 11 is 0. The van der Waals surface area contributed by atoms with Gasteiger partial charge in [-0.15, -0.1) is 0 Å². The first-order valence-electron chi connectivity index (χ1n) is 51.5. The quantitative estimate of drug-likeness (QED) is 0.0275. The Balaban J connectivity index is 0.000000148. The number of ketones is 2. The van der Waals surface area contributed by atoms with E-state index in [2.05, 4.69) is 162 Å². The molecule has 8 N–H and O–H groups in total. The molecule has 3 spiro atoms. The predicted molar refractivity (Wildman–Crippen MR) is 584 cm³/mol. The van der Waals surface area contributed by atoms with Crippen molar-refractivity contribution in [2.75, 3.05) is 80.4 Å². The van der Waals surface area contributed by atoms with Crippen molar-refractivity contribution < 1.29 is 106 Å². The van der Waals surface area contributed by atoms with Gasteiger partial charge in [0, 0.05) is 219 Å². The van der Waals surface area contributed by atoms with E-state index in [4.69, 9.17) is 57.3 Å². The van der Waals surface area contributed by atoms with Crippen molar-refractivity contribution in [1.82, 2.24) is 25.3 Å². The van der Waals surface area contributed by atoms with Gasteiger partial charge in [-0.3, -0.25) is 33.7 Å². The third-order valence-electron chi connectivity index (χ3n) is 27.0. The van der Waals surface area contributed by atoms with Crippen LogP contribution in [0.5, 0.6) is 23.0 Å². The van der Waals surface area contributed by atoms with Crippen molar-refractivity contribution in [2.45, 2.75) is 230 Å². The molecule has 4 saturated heterocycles. The number of aromatic nitrogens is 4. The average Bonchev–Trinajstić information content (AvgIpc) is 1.81. The van der Waals surface area contributed by atoms with E-state index in [9.17, 15) is 23.1 Å². The number of para-hydroxylation sites is 4. The summed E-state index contributed by atoms with van der Waals surface area (Å²) in [6.07, 6.45) is 20.6. The van der Waals surface area contributed by atoms with Gasteiger partial charge in [-0.1, -0.05) is 158 Å². The molecule has 0 atom stereocenters. The maximum absolute atomic E-state index is 11.4. The molecule has 9 fully saturated rings. The zero-order valence-corrected chi connectivity index (χ0v) is 88.8. The number of benzene rings is 10. The van der Waals surface area contributed by atoms with Crippen LogP contribution in [-0.4, -0.2) is 160 Å². The molecule has 5 saturated carbocycles. The number of hydrogen-bond donors (Lipinski definition) is 7. The van der Waals surface area contributed by atoms with Crippen molar-refractivity contribution in [3.8, 4) is 23.0 Å². The molecule has 9 aliphatic rings. The number of fused-ring (bicyclic) bond motifs is 4. The Morgan fingerprint density at radius 1 is 0.365 bits per heavy atom. The Morgan fingerprint density at radius 3 is 1.03 bits per heavy atom. The standard InChI is InChI=1S/C29H31N3O.C24H26N2O3.C22H22N2O2.C16H14N2O.C9H16O5S.C8H12O3.C7H9N.C4H8O.B.Na.H/c1-21-18-29(27-12-5-6-13-28(27)31-21)32-24-10-7-11-26(19-24)33-25-16-14-23(15-17-25)30-20-22-8-3-2-4-9-22;1-17-15-23(21-7-2-3-8-22(21)25-17)26-18-5-4-6-20(16-18)29-19-9-11-24(12-10-19)27-13-14-28-24;1-15-13-22(20-7-2-3-8-21(20)23-15)24-16-5-4-6-19(14-16)26-18-11-9-17(25)10-12-18;1-11-9-16(14-7-2-3-8-15(14)17-11)18-12-5-4-6-13(19)10-12;1-15(10,11)14-8-2-4-9(5-3-8)12-6-7-13-9;9-7-1-3-8(4-2-7)10-5-6-11-8;8-6-7-4-2-1-3-5-7;1-2-4-5-3-1;;;/h2-13,18-19,23,25,30H,14-17,20H2,1H3,(H,31,32);2-8,15-16,19H,9-14H2,1H3,(H,25,26);2-8,13-14,18H,9-12H2,1H3,(H,23,24);2-10,19H,1H3,(H,17,18);8H,2-7H2,1H3;1-6H2;1-5H,6,8H2;1-4H2;;;/q;;;;;;;;;+1;-1. The van der Waals surface area contributed by atoms with Gasteiger partial charge in [0.2, 0.25) is 0 Å². The molecule has 26 nitrogen and oxygen atoms in total.